The maximum atomic E-state index is 14.2. The fourth-order valence-electron chi connectivity index (χ4n) is 4.39. The summed E-state index contributed by atoms with van der Waals surface area (Å²) in [5.41, 5.74) is 4.01. The quantitative estimate of drug-likeness (QED) is 0.182. The number of amides is 1. The second-order valence-corrected chi connectivity index (χ2v) is 12.1. The molecule has 0 bridgehead atoms. The van der Waals surface area contributed by atoms with E-state index < -0.39 is 4.33 Å². The van der Waals surface area contributed by atoms with Gasteiger partial charge in [-0.1, -0.05) is 102 Å². The van der Waals surface area contributed by atoms with Gasteiger partial charge in [0.2, 0.25) is 10.1 Å². The van der Waals surface area contributed by atoms with Crippen molar-refractivity contribution in [1.82, 2.24) is 0 Å². The summed E-state index contributed by atoms with van der Waals surface area (Å²) in [6.45, 7) is 2.03. The van der Waals surface area contributed by atoms with Crippen LogP contribution in [0.1, 0.15) is 21.5 Å². The number of carbonyl (C=O) groups excluding carboxylic acids is 2. The SMILES string of the molecule is Cc1ccc(/C=C2/SC3(SC(C(=O)c4ccccc4)=NN3c3ccc(Cl)cc3)N(c3ccccc3)C2=O)cc1. The number of rotatable bonds is 5. The summed E-state index contributed by atoms with van der Waals surface area (Å²) in [5, 5.41) is 7.48. The normalized spacial score (nSPS) is 19.7. The highest BCUT2D eigenvalue weighted by Crippen LogP contribution is 2.59. The number of carbonyl (C=O) groups is 2. The first-order chi connectivity index (χ1) is 18.9. The molecule has 2 aliphatic rings. The highest BCUT2D eigenvalue weighted by atomic mass is 35.5. The minimum absolute atomic E-state index is 0.165. The Hall–Kier alpha value is -3.78. The Bertz CT molecular complexity index is 1610. The van der Waals surface area contributed by atoms with Crippen molar-refractivity contribution in [2.24, 2.45) is 5.10 Å². The van der Waals surface area contributed by atoms with E-state index in [0.29, 0.717) is 31.9 Å². The minimum atomic E-state index is -1.11. The van der Waals surface area contributed by atoms with Crippen LogP contribution >= 0.6 is 35.1 Å². The Morgan fingerprint density at radius 2 is 1.46 bits per heavy atom. The lowest BCUT2D eigenvalue weighted by Crippen LogP contribution is -2.51. The van der Waals surface area contributed by atoms with E-state index in [0.717, 1.165) is 11.1 Å². The summed E-state index contributed by atoms with van der Waals surface area (Å²) in [6.07, 6.45) is 1.90. The van der Waals surface area contributed by atoms with Gasteiger partial charge in [-0.05, 0) is 66.7 Å². The second-order valence-electron chi connectivity index (χ2n) is 9.04. The number of ketones is 1. The lowest BCUT2D eigenvalue weighted by atomic mass is 10.1. The molecule has 0 aromatic heterocycles. The molecule has 0 radical (unpaired) electrons. The summed E-state index contributed by atoms with van der Waals surface area (Å²) in [5.74, 6) is -0.365. The van der Waals surface area contributed by atoms with Crippen molar-refractivity contribution in [3.05, 3.63) is 136 Å². The number of para-hydroxylation sites is 1. The van der Waals surface area contributed by atoms with Crippen molar-refractivity contribution in [3.63, 3.8) is 0 Å². The van der Waals surface area contributed by atoms with E-state index in [9.17, 15) is 9.59 Å². The number of aryl methyl sites for hydroxylation is 1. The molecular formula is C31H22ClN3O2S2. The number of anilines is 2. The highest BCUT2D eigenvalue weighted by molar-refractivity contribution is 8.29. The van der Waals surface area contributed by atoms with Gasteiger partial charge in [0.05, 0.1) is 10.6 Å². The molecule has 2 aliphatic heterocycles. The van der Waals surface area contributed by atoms with Crippen LogP contribution in [0.5, 0.6) is 0 Å². The molecular weight excluding hydrogens is 546 g/mol. The molecule has 192 valence electrons. The topological polar surface area (TPSA) is 53.0 Å². The molecule has 0 N–H and O–H groups in total. The molecule has 1 atom stereocenters. The van der Waals surface area contributed by atoms with Gasteiger partial charge in [-0.2, -0.15) is 5.10 Å². The average molecular weight is 568 g/mol. The summed E-state index contributed by atoms with van der Waals surface area (Å²) in [4.78, 5) is 30.1. The molecule has 1 saturated heterocycles. The van der Waals surface area contributed by atoms with Crippen LogP contribution in [0.3, 0.4) is 0 Å². The summed E-state index contributed by atoms with van der Waals surface area (Å²) < 4.78 is -1.11. The van der Waals surface area contributed by atoms with Gasteiger partial charge >= 0.3 is 0 Å². The number of Topliss-reactive ketones (excluding diaryl/α,β-unsaturated/α-hetero) is 1. The molecule has 0 aliphatic carbocycles. The van der Waals surface area contributed by atoms with Crippen molar-refractivity contribution in [3.8, 4) is 0 Å². The molecule has 4 aromatic carbocycles. The molecule has 1 amide bonds. The number of hydrazone groups is 1. The van der Waals surface area contributed by atoms with Crippen LogP contribution in [0.2, 0.25) is 5.02 Å². The van der Waals surface area contributed by atoms with E-state index in [2.05, 4.69) is 0 Å². The van der Waals surface area contributed by atoms with Crippen LogP contribution in [-0.4, -0.2) is 21.1 Å². The van der Waals surface area contributed by atoms with E-state index in [1.54, 1.807) is 34.2 Å². The zero-order valence-electron chi connectivity index (χ0n) is 20.8. The molecule has 39 heavy (non-hydrogen) atoms. The summed E-state index contributed by atoms with van der Waals surface area (Å²) in [7, 11) is 0. The van der Waals surface area contributed by atoms with Crippen molar-refractivity contribution < 1.29 is 9.59 Å². The summed E-state index contributed by atoms with van der Waals surface area (Å²) in [6, 6.07) is 33.8. The molecule has 6 rings (SSSR count). The first-order valence-electron chi connectivity index (χ1n) is 12.2. The maximum absolute atomic E-state index is 14.2. The van der Waals surface area contributed by atoms with E-state index in [1.807, 2.05) is 97.9 Å². The van der Waals surface area contributed by atoms with Crippen LogP contribution in [0, 0.1) is 6.92 Å². The number of thioether (sulfide) groups is 2. The van der Waals surface area contributed by atoms with Crippen LogP contribution in [0.25, 0.3) is 6.08 Å². The molecule has 1 spiro atoms. The summed E-state index contributed by atoms with van der Waals surface area (Å²) >= 11 is 8.86. The third kappa shape index (κ3) is 4.78. The molecule has 1 fully saturated rings. The van der Waals surface area contributed by atoms with E-state index in [-0.39, 0.29) is 11.7 Å². The molecule has 5 nitrogen and oxygen atoms in total. The lowest BCUT2D eigenvalue weighted by molar-refractivity contribution is -0.114. The Kier molecular flexibility index (Phi) is 6.81. The Morgan fingerprint density at radius 3 is 2.13 bits per heavy atom. The van der Waals surface area contributed by atoms with Crippen LogP contribution < -0.4 is 9.91 Å². The second kappa shape index (κ2) is 10.4. The molecule has 2 heterocycles. The van der Waals surface area contributed by atoms with E-state index in [1.165, 1.54) is 23.5 Å². The fourth-order valence-corrected chi connectivity index (χ4v) is 7.46. The standard InChI is InChI=1S/C31H22ClN3O2S2/c1-21-12-14-22(15-13-21)20-27-30(37)34(25-10-6-3-7-11-25)31(38-27)35(26-18-16-24(32)17-19-26)33-29(39-31)28(36)23-8-4-2-5-9-23/h2-20H,1H3/b27-20+. The van der Waals surface area contributed by atoms with Crippen LogP contribution in [0.15, 0.2) is 119 Å². The van der Waals surface area contributed by atoms with Gasteiger partial charge in [0.25, 0.3) is 5.91 Å². The Labute approximate surface area is 240 Å². The van der Waals surface area contributed by atoms with Gasteiger partial charge < -0.3 is 0 Å². The fraction of sp³-hybridized carbons (Fsp3) is 0.0645. The lowest BCUT2D eigenvalue weighted by Gasteiger charge is -2.38. The van der Waals surface area contributed by atoms with Gasteiger partial charge in [0.15, 0.2) is 5.04 Å². The molecule has 4 aromatic rings. The first-order valence-corrected chi connectivity index (χ1v) is 14.3. The maximum Gasteiger partial charge on any atom is 0.268 e. The monoisotopic (exact) mass is 567 g/mol. The average Bonchev–Trinajstić information content (AvgIpc) is 3.47. The number of benzene rings is 4. The number of hydrogen-bond acceptors (Lipinski definition) is 6. The number of nitrogens with zero attached hydrogens (tertiary/aromatic N) is 3. The van der Waals surface area contributed by atoms with Gasteiger partial charge in [-0.25, -0.2) is 5.01 Å². The van der Waals surface area contributed by atoms with Crippen LogP contribution in [0.4, 0.5) is 11.4 Å². The van der Waals surface area contributed by atoms with E-state index >= 15 is 0 Å². The molecule has 0 saturated carbocycles. The highest BCUT2D eigenvalue weighted by Gasteiger charge is 2.60. The van der Waals surface area contributed by atoms with E-state index in [4.69, 9.17) is 16.7 Å². The smallest absolute Gasteiger partial charge is 0.268 e. The third-order valence-corrected chi connectivity index (χ3v) is 9.29. The van der Waals surface area contributed by atoms with Crippen molar-refractivity contribution >= 4 is 69.3 Å². The zero-order valence-corrected chi connectivity index (χ0v) is 23.2. The van der Waals surface area contributed by atoms with Gasteiger partial charge in [0.1, 0.15) is 0 Å². The number of hydrogen-bond donors (Lipinski definition) is 0. The number of halogens is 1. The van der Waals surface area contributed by atoms with Crippen LogP contribution in [-0.2, 0) is 4.79 Å². The Balaban J connectivity index is 1.51. The van der Waals surface area contributed by atoms with Crippen molar-refractivity contribution in [2.45, 2.75) is 11.3 Å². The zero-order chi connectivity index (χ0) is 27.0. The predicted octanol–water partition coefficient (Wildman–Crippen LogP) is 7.83. The first kappa shape index (κ1) is 25.5. The molecule has 8 heteroatoms. The largest absolute Gasteiger partial charge is 0.286 e. The third-order valence-electron chi connectivity index (χ3n) is 6.32. The van der Waals surface area contributed by atoms with Gasteiger partial charge in [0, 0.05) is 16.3 Å². The molecule has 1 unspecified atom stereocenters. The van der Waals surface area contributed by atoms with Crippen molar-refractivity contribution in [2.75, 3.05) is 9.91 Å². The minimum Gasteiger partial charge on any atom is -0.286 e. The predicted molar refractivity (Wildman–Crippen MR) is 163 cm³/mol. The van der Waals surface area contributed by atoms with Gasteiger partial charge in [-0.15, -0.1) is 0 Å². The van der Waals surface area contributed by atoms with Crippen molar-refractivity contribution in [1.29, 1.82) is 0 Å². The van der Waals surface area contributed by atoms with Gasteiger partial charge in [-0.3, -0.25) is 14.5 Å². The Morgan fingerprint density at radius 1 is 0.821 bits per heavy atom.